The van der Waals surface area contributed by atoms with Crippen LogP contribution in [-0.4, -0.2) is 32.3 Å². The van der Waals surface area contributed by atoms with Gasteiger partial charge in [-0.3, -0.25) is 0 Å². The van der Waals surface area contributed by atoms with Gasteiger partial charge in [0, 0.05) is 30.4 Å². The quantitative estimate of drug-likeness (QED) is 0.890. The summed E-state index contributed by atoms with van der Waals surface area (Å²) in [6, 6.07) is 5.27. The van der Waals surface area contributed by atoms with Crippen LogP contribution in [0, 0.1) is 5.82 Å². The van der Waals surface area contributed by atoms with Crippen LogP contribution < -0.4 is 10.6 Å². The maximum Gasteiger partial charge on any atom is 0.128 e. The van der Waals surface area contributed by atoms with E-state index in [-0.39, 0.29) is 11.9 Å². The van der Waals surface area contributed by atoms with E-state index in [0.717, 1.165) is 30.8 Å². The lowest BCUT2D eigenvalue weighted by molar-refractivity contribution is 0.122. The van der Waals surface area contributed by atoms with Crippen LogP contribution >= 0.6 is 0 Å². The van der Waals surface area contributed by atoms with Crippen LogP contribution in [0.25, 0.3) is 0 Å². The van der Waals surface area contributed by atoms with Crippen LogP contribution in [0.4, 0.5) is 10.1 Å². The molecule has 1 aromatic carbocycles. The Bertz CT molecular complexity index is 391. The average Bonchev–Trinajstić information content (AvgIpc) is 2.42. The molecule has 18 heavy (non-hydrogen) atoms. The summed E-state index contributed by atoms with van der Waals surface area (Å²) < 4.78 is 19.3. The van der Waals surface area contributed by atoms with Gasteiger partial charge < -0.3 is 15.4 Å². The van der Waals surface area contributed by atoms with Crippen molar-refractivity contribution < 1.29 is 9.13 Å². The van der Waals surface area contributed by atoms with Crippen molar-refractivity contribution in [2.24, 2.45) is 5.73 Å². The van der Waals surface area contributed by atoms with Gasteiger partial charge in [0.05, 0.1) is 13.2 Å². The first kappa shape index (κ1) is 13.3. The van der Waals surface area contributed by atoms with Gasteiger partial charge in [-0.25, -0.2) is 4.39 Å². The minimum Gasteiger partial charge on any atom is -0.378 e. The largest absolute Gasteiger partial charge is 0.378 e. The van der Waals surface area contributed by atoms with E-state index < -0.39 is 0 Å². The zero-order valence-corrected chi connectivity index (χ0v) is 10.9. The maximum absolute atomic E-state index is 14.0. The third-order valence-electron chi connectivity index (χ3n) is 3.44. The molecule has 1 heterocycles. The van der Waals surface area contributed by atoms with E-state index in [9.17, 15) is 4.39 Å². The zero-order valence-electron chi connectivity index (χ0n) is 10.9. The van der Waals surface area contributed by atoms with Crippen LogP contribution in [0.15, 0.2) is 18.2 Å². The monoisotopic (exact) mass is 252 g/mol. The molecule has 1 atom stereocenters. The number of nitrogens with two attached hydrogens (primary N) is 1. The molecule has 1 aliphatic heterocycles. The molecule has 3 nitrogen and oxygen atoms in total. The van der Waals surface area contributed by atoms with Crippen molar-refractivity contribution in [1.82, 2.24) is 0 Å². The van der Waals surface area contributed by atoms with Crippen LogP contribution in [0.2, 0.25) is 0 Å². The number of rotatable bonds is 4. The number of benzene rings is 1. The lowest BCUT2D eigenvalue weighted by Gasteiger charge is -2.31. The molecule has 0 aliphatic carbocycles. The van der Waals surface area contributed by atoms with Gasteiger partial charge in [0.25, 0.3) is 0 Å². The predicted octanol–water partition coefficient (Wildman–Crippen LogP) is 1.94. The number of anilines is 1. The molecule has 100 valence electrons. The summed E-state index contributed by atoms with van der Waals surface area (Å²) in [5.41, 5.74) is 7.68. The van der Waals surface area contributed by atoms with Crippen LogP contribution in [0.5, 0.6) is 0 Å². The second-order valence-corrected chi connectivity index (χ2v) is 4.71. The van der Waals surface area contributed by atoms with E-state index in [1.807, 2.05) is 13.0 Å². The minimum atomic E-state index is -0.150. The second kappa shape index (κ2) is 6.16. The Morgan fingerprint density at radius 2 is 2.11 bits per heavy atom. The maximum atomic E-state index is 14.0. The number of nitrogens with zero attached hydrogens (tertiary/aromatic N) is 1. The van der Waals surface area contributed by atoms with Crippen molar-refractivity contribution >= 4 is 5.69 Å². The fraction of sp³-hybridized carbons (Fsp3) is 0.571. The number of hydrogen-bond acceptors (Lipinski definition) is 3. The Labute approximate surface area is 108 Å². The van der Waals surface area contributed by atoms with E-state index in [1.54, 1.807) is 6.07 Å². The summed E-state index contributed by atoms with van der Waals surface area (Å²) in [7, 11) is 0. The van der Waals surface area contributed by atoms with Crippen LogP contribution in [0.1, 0.15) is 18.9 Å². The summed E-state index contributed by atoms with van der Waals surface area (Å²) in [6.45, 7) is 5.07. The summed E-state index contributed by atoms with van der Waals surface area (Å²) in [6.07, 6.45) is 1.45. The van der Waals surface area contributed by atoms with Gasteiger partial charge in [-0.15, -0.1) is 0 Å². The van der Waals surface area contributed by atoms with Gasteiger partial charge in [0.15, 0.2) is 0 Å². The molecule has 0 bridgehead atoms. The molecule has 1 unspecified atom stereocenters. The molecule has 1 saturated heterocycles. The Balaban J connectivity index is 2.24. The lowest BCUT2D eigenvalue weighted by atomic mass is 10.0. The van der Waals surface area contributed by atoms with E-state index in [4.69, 9.17) is 10.5 Å². The highest BCUT2D eigenvalue weighted by Crippen LogP contribution is 2.25. The van der Waals surface area contributed by atoms with Crippen LogP contribution in [0.3, 0.4) is 0 Å². The van der Waals surface area contributed by atoms with Crippen molar-refractivity contribution in [3.05, 3.63) is 29.6 Å². The van der Waals surface area contributed by atoms with Gasteiger partial charge in [-0.2, -0.15) is 0 Å². The highest BCUT2D eigenvalue weighted by molar-refractivity contribution is 5.54. The first-order chi connectivity index (χ1) is 8.72. The van der Waals surface area contributed by atoms with E-state index in [2.05, 4.69) is 4.90 Å². The number of morpholine rings is 1. The second-order valence-electron chi connectivity index (χ2n) is 4.71. The molecule has 1 aliphatic rings. The molecule has 1 fully saturated rings. The minimum absolute atomic E-state index is 0.0155. The van der Waals surface area contributed by atoms with Crippen molar-refractivity contribution in [2.45, 2.75) is 25.8 Å². The molecule has 0 amide bonds. The zero-order chi connectivity index (χ0) is 13.0. The molecule has 0 spiro atoms. The van der Waals surface area contributed by atoms with E-state index >= 15 is 0 Å². The van der Waals surface area contributed by atoms with Gasteiger partial charge in [0.1, 0.15) is 5.82 Å². The molecular weight excluding hydrogens is 231 g/mol. The molecule has 4 heteroatoms. The van der Waals surface area contributed by atoms with Crippen molar-refractivity contribution in [1.29, 1.82) is 0 Å². The third-order valence-corrected chi connectivity index (χ3v) is 3.44. The highest BCUT2D eigenvalue weighted by atomic mass is 19.1. The molecule has 2 N–H and O–H groups in total. The predicted molar refractivity (Wildman–Crippen MR) is 71.4 cm³/mol. The molecule has 0 radical (unpaired) electrons. The lowest BCUT2D eigenvalue weighted by Crippen LogP contribution is -2.37. The Hall–Kier alpha value is -1.13. The van der Waals surface area contributed by atoms with Crippen LogP contribution in [-0.2, 0) is 11.2 Å². The van der Waals surface area contributed by atoms with E-state index in [0.29, 0.717) is 19.6 Å². The number of ether oxygens (including phenoxy) is 1. The van der Waals surface area contributed by atoms with Gasteiger partial charge in [-0.05, 0) is 25.0 Å². The number of halogens is 1. The molecule has 2 rings (SSSR count). The fourth-order valence-electron chi connectivity index (χ4n) is 2.26. The topological polar surface area (TPSA) is 38.5 Å². The molecule has 0 aromatic heterocycles. The van der Waals surface area contributed by atoms with Gasteiger partial charge >= 0.3 is 0 Å². The normalized spacial score (nSPS) is 17.8. The van der Waals surface area contributed by atoms with E-state index in [1.165, 1.54) is 6.07 Å². The molecule has 0 saturated carbocycles. The summed E-state index contributed by atoms with van der Waals surface area (Å²) in [5.74, 6) is -0.150. The van der Waals surface area contributed by atoms with Crippen molar-refractivity contribution in [3.8, 4) is 0 Å². The van der Waals surface area contributed by atoms with Gasteiger partial charge in [-0.1, -0.05) is 13.0 Å². The average molecular weight is 252 g/mol. The Kier molecular flexibility index (Phi) is 4.55. The summed E-state index contributed by atoms with van der Waals surface area (Å²) in [5, 5.41) is 0. The number of hydrogen-bond donors (Lipinski definition) is 1. The molecule has 1 aromatic rings. The van der Waals surface area contributed by atoms with Gasteiger partial charge in [0.2, 0.25) is 0 Å². The molecular formula is C14H21FN2O. The SMILES string of the molecule is CCC(N)Cc1c(F)cccc1N1CCOCC1. The van der Waals surface area contributed by atoms with Crippen molar-refractivity contribution in [3.63, 3.8) is 0 Å². The fourth-order valence-corrected chi connectivity index (χ4v) is 2.26. The first-order valence-electron chi connectivity index (χ1n) is 6.58. The Morgan fingerprint density at radius 1 is 1.39 bits per heavy atom. The third kappa shape index (κ3) is 3.00. The summed E-state index contributed by atoms with van der Waals surface area (Å²) >= 11 is 0. The smallest absolute Gasteiger partial charge is 0.128 e. The standard InChI is InChI=1S/C14H21FN2O/c1-2-11(16)10-12-13(15)4-3-5-14(12)17-6-8-18-9-7-17/h3-5,11H,2,6-10,16H2,1H3. The Morgan fingerprint density at radius 3 is 2.78 bits per heavy atom. The first-order valence-corrected chi connectivity index (χ1v) is 6.58. The van der Waals surface area contributed by atoms with Crippen molar-refractivity contribution in [2.75, 3.05) is 31.2 Å². The summed E-state index contributed by atoms with van der Waals surface area (Å²) in [4.78, 5) is 2.18. The highest BCUT2D eigenvalue weighted by Gasteiger charge is 2.18.